The summed E-state index contributed by atoms with van der Waals surface area (Å²) in [6.07, 6.45) is 39.4. The molecule has 0 heterocycles. The fraction of sp³-hybridized carbons (Fsp3) is 0.891. The van der Waals surface area contributed by atoms with Crippen LogP contribution in [0.1, 0.15) is 213 Å². The molecule has 8 nitrogen and oxygen atoms in total. The summed E-state index contributed by atoms with van der Waals surface area (Å²) in [6, 6.07) is -0.722. The van der Waals surface area contributed by atoms with Gasteiger partial charge in [0, 0.05) is 19.3 Å². The highest BCUT2D eigenvalue weighted by atomic mass is 16.6. The molecule has 0 aromatic heterocycles. The lowest BCUT2D eigenvalue weighted by molar-refractivity contribution is -0.889. The third kappa shape index (κ3) is 35.8. The van der Waals surface area contributed by atoms with Gasteiger partial charge in [-0.15, -0.1) is 0 Å². The number of carboxylic acid groups (broad SMARTS) is 1. The van der Waals surface area contributed by atoms with Crippen molar-refractivity contribution in [3.63, 3.8) is 0 Å². The molecule has 2 unspecified atom stereocenters. The van der Waals surface area contributed by atoms with Crippen LogP contribution in [0.2, 0.25) is 0 Å². The number of esters is 2. The maximum atomic E-state index is 12.7. The number of hydrogen-bond acceptors (Lipinski definition) is 7. The van der Waals surface area contributed by atoms with Crippen LogP contribution in [0, 0.1) is 0 Å². The van der Waals surface area contributed by atoms with Crippen LogP contribution in [-0.2, 0) is 28.6 Å². The zero-order valence-electron chi connectivity index (χ0n) is 36.2. The van der Waals surface area contributed by atoms with Gasteiger partial charge in [0.05, 0.1) is 40.3 Å². The average molecular weight is 766 g/mol. The number of hydrogen-bond donors (Lipinski definition) is 0. The summed E-state index contributed by atoms with van der Waals surface area (Å²) in [5.41, 5.74) is 0. The highest BCUT2D eigenvalue weighted by molar-refractivity contribution is 5.70. The predicted molar refractivity (Wildman–Crippen MR) is 222 cm³/mol. The summed E-state index contributed by atoms with van der Waals surface area (Å²) in [5.74, 6) is -1.73. The van der Waals surface area contributed by atoms with Crippen molar-refractivity contribution >= 4 is 17.9 Å². The Balaban J connectivity index is 4.31. The van der Waals surface area contributed by atoms with Gasteiger partial charge in [0.1, 0.15) is 12.6 Å². The molecular weight excluding hydrogens is 679 g/mol. The smallest absolute Gasteiger partial charge is 0.306 e. The molecule has 0 aromatic rings. The van der Waals surface area contributed by atoms with Crippen molar-refractivity contribution in [1.29, 1.82) is 0 Å². The molecule has 0 amide bonds. The first kappa shape index (κ1) is 52.1. The fourth-order valence-electron chi connectivity index (χ4n) is 6.83. The van der Waals surface area contributed by atoms with Gasteiger partial charge in [-0.3, -0.25) is 9.59 Å². The average Bonchev–Trinajstić information content (AvgIpc) is 3.12. The zero-order chi connectivity index (χ0) is 40.0. The van der Waals surface area contributed by atoms with Crippen molar-refractivity contribution in [3.8, 4) is 0 Å². The van der Waals surface area contributed by atoms with E-state index in [1.807, 2.05) is 0 Å². The summed E-state index contributed by atoms with van der Waals surface area (Å²) in [6.45, 7) is 4.67. The number of ether oxygens (including phenoxy) is 3. The van der Waals surface area contributed by atoms with Gasteiger partial charge in [-0.05, 0) is 38.5 Å². The topological polar surface area (TPSA) is 102 Å². The quantitative estimate of drug-likeness (QED) is 0.0264. The van der Waals surface area contributed by atoms with E-state index in [-0.39, 0.29) is 42.7 Å². The Hall–Kier alpha value is -1.93. The number of likely N-dealkylation sites (N-methyl/N-ethyl adjacent to an activating group) is 1. The number of allylic oxidation sites excluding steroid dienone is 2. The second kappa shape index (κ2) is 38.0. The van der Waals surface area contributed by atoms with Crippen LogP contribution in [0.4, 0.5) is 0 Å². The third-order valence-corrected chi connectivity index (χ3v) is 10.4. The Morgan fingerprint density at radius 2 is 0.926 bits per heavy atom. The van der Waals surface area contributed by atoms with Gasteiger partial charge in [-0.25, -0.2) is 0 Å². The largest absolute Gasteiger partial charge is 0.544 e. The van der Waals surface area contributed by atoms with Crippen LogP contribution in [0.5, 0.6) is 0 Å². The molecule has 318 valence electrons. The van der Waals surface area contributed by atoms with Crippen molar-refractivity contribution in [1.82, 2.24) is 0 Å². The summed E-state index contributed by atoms with van der Waals surface area (Å²) in [4.78, 5) is 36.8. The van der Waals surface area contributed by atoms with Gasteiger partial charge in [-0.2, -0.15) is 0 Å². The molecule has 0 aliphatic heterocycles. The number of carbonyl (C=O) groups excluding carboxylic acids is 3. The van der Waals surface area contributed by atoms with Gasteiger partial charge >= 0.3 is 11.9 Å². The number of quaternary nitrogens is 1. The molecule has 0 aliphatic carbocycles. The third-order valence-electron chi connectivity index (χ3n) is 10.4. The lowest BCUT2D eigenvalue weighted by Crippen LogP contribution is -2.55. The standard InChI is InChI=1S/C46H87NO7/c1-6-8-10-12-14-16-18-20-22-24-26-28-30-32-34-36-44(48)53-41-42(40-52-39-38-43(46(50)51)47(3,4)5)54-45(49)37-35-33-31-29-27-25-23-21-19-17-15-13-11-9-7-2/h17,19,42-43H,6-16,18,20-41H2,1-5H3/b19-17+. The van der Waals surface area contributed by atoms with Crippen molar-refractivity contribution in [2.24, 2.45) is 0 Å². The Bertz CT molecular complexity index is 900. The van der Waals surface area contributed by atoms with Gasteiger partial charge in [0.25, 0.3) is 0 Å². The molecular formula is C46H87NO7. The molecule has 8 heteroatoms. The Morgan fingerprint density at radius 1 is 0.537 bits per heavy atom. The Labute approximate surface area is 333 Å². The Morgan fingerprint density at radius 3 is 1.35 bits per heavy atom. The highest BCUT2D eigenvalue weighted by Crippen LogP contribution is 2.15. The monoisotopic (exact) mass is 766 g/mol. The van der Waals surface area contributed by atoms with E-state index in [4.69, 9.17) is 14.2 Å². The number of carboxylic acids is 1. The zero-order valence-corrected chi connectivity index (χ0v) is 36.2. The molecule has 0 N–H and O–H groups in total. The van der Waals surface area contributed by atoms with Crippen molar-refractivity contribution in [2.75, 3.05) is 41.0 Å². The molecule has 0 saturated carbocycles. The second-order valence-electron chi connectivity index (χ2n) is 16.6. The van der Waals surface area contributed by atoms with Gasteiger partial charge in [0.15, 0.2) is 6.10 Å². The SMILES string of the molecule is CCCCCC/C=C/CCCCCCCCCC(=O)OC(COCCC(C(=O)[O-])[N+](C)(C)C)COC(=O)CCCCCCCCCCCCCCCCC. The van der Waals surface area contributed by atoms with Crippen LogP contribution >= 0.6 is 0 Å². The minimum atomic E-state index is -1.12. The molecule has 0 saturated heterocycles. The highest BCUT2D eigenvalue weighted by Gasteiger charge is 2.25. The minimum Gasteiger partial charge on any atom is -0.544 e. The molecule has 0 fully saturated rings. The van der Waals surface area contributed by atoms with Crippen LogP contribution < -0.4 is 5.11 Å². The first-order valence-corrected chi connectivity index (χ1v) is 22.7. The summed E-state index contributed by atoms with van der Waals surface area (Å²) in [7, 11) is 5.41. The van der Waals surface area contributed by atoms with E-state index in [2.05, 4.69) is 26.0 Å². The molecule has 0 radical (unpaired) electrons. The number of nitrogens with zero attached hydrogens (tertiary/aromatic N) is 1. The number of aliphatic carboxylic acids is 1. The fourth-order valence-corrected chi connectivity index (χ4v) is 6.83. The van der Waals surface area contributed by atoms with Crippen LogP contribution in [0.25, 0.3) is 0 Å². The van der Waals surface area contributed by atoms with E-state index >= 15 is 0 Å². The van der Waals surface area contributed by atoms with Crippen molar-refractivity contribution < 1.29 is 38.2 Å². The van der Waals surface area contributed by atoms with Gasteiger partial charge in [0.2, 0.25) is 0 Å². The van der Waals surface area contributed by atoms with E-state index < -0.39 is 18.1 Å². The van der Waals surface area contributed by atoms with Crippen LogP contribution in [0.15, 0.2) is 12.2 Å². The number of unbranched alkanes of at least 4 members (excludes halogenated alkanes) is 25. The first-order valence-electron chi connectivity index (χ1n) is 22.7. The first-order chi connectivity index (χ1) is 26.1. The van der Waals surface area contributed by atoms with Crippen molar-refractivity contribution in [3.05, 3.63) is 12.2 Å². The van der Waals surface area contributed by atoms with Crippen molar-refractivity contribution in [2.45, 2.75) is 225 Å². The maximum Gasteiger partial charge on any atom is 0.306 e. The minimum absolute atomic E-state index is 0.0446. The van der Waals surface area contributed by atoms with E-state index in [0.29, 0.717) is 12.8 Å². The predicted octanol–water partition coefficient (Wildman–Crippen LogP) is 11.0. The maximum absolute atomic E-state index is 12.7. The van der Waals surface area contributed by atoms with E-state index in [1.165, 1.54) is 141 Å². The summed E-state index contributed by atoms with van der Waals surface area (Å²) < 4.78 is 17.2. The van der Waals surface area contributed by atoms with E-state index in [0.717, 1.165) is 38.5 Å². The molecule has 0 bridgehead atoms. The molecule has 0 aliphatic rings. The van der Waals surface area contributed by atoms with Gasteiger partial charge < -0.3 is 28.6 Å². The molecule has 2 atom stereocenters. The van der Waals surface area contributed by atoms with Gasteiger partial charge in [-0.1, -0.05) is 167 Å². The number of rotatable bonds is 41. The molecule has 0 spiro atoms. The molecule has 54 heavy (non-hydrogen) atoms. The lowest BCUT2D eigenvalue weighted by Gasteiger charge is -2.34. The normalized spacial score (nSPS) is 13.0. The Kier molecular flexibility index (Phi) is 36.6. The van der Waals surface area contributed by atoms with Crippen LogP contribution in [0.3, 0.4) is 0 Å². The lowest BCUT2D eigenvalue weighted by atomic mass is 10.0. The number of carbonyl (C=O) groups is 3. The molecule has 0 rings (SSSR count). The van der Waals surface area contributed by atoms with E-state index in [1.54, 1.807) is 21.1 Å². The molecule has 0 aromatic carbocycles. The van der Waals surface area contributed by atoms with E-state index in [9.17, 15) is 19.5 Å². The van der Waals surface area contributed by atoms with Crippen LogP contribution in [-0.4, -0.2) is 75.5 Å². The summed E-state index contributed by atoms with van der Waals surface area (Å²) >= 11 is 0. The second-order valence-corrected chi connectivity index (χ2v) is 16.6. The summed E-state index contributed by atoms with van der Waals surface area (Å²) in [5, 5.41) is 11.6.